The molecule has 0 fully saturated rings. The molecule has 1 amide bonds. The molecule has 0 aliphatic rings. The summed E-state index contributed by atoms with van der Waals surface area (Å²) in [6.07, 6.45) is 0. The van der Waals surface area contributed by atoms with Crippen molar-refractivity contribution in [3.05, 3.63) is 59.7 Å². The number of carbonyl (C=O) groups excluding carboxylic acids is 1. The fourth-order valence-electron chi connectivity index (χ4n) is 3.27. The van der Waals surface area contributed by atoms with Crippen molar-refractivity contribution < 1.29 is 13.2 Å². The molecule has 0 aliphatic heterocycles. The van der Waals surface area contributed by atoms with E-state index >= 15 is 0 Å². The van der Waals surface area contributed by atoms with Crippen LogP contribution in [-0.2, 0) is 28.4 Å². The van der Waals surface area contributed by atoms with E-state index in [1.54, 1.807) is 24.3 Å². The Morgan fingerprint density at radius 1 is 1.03 bits per heavy atom. The van der Waals surface area contributed by atoms with E-state index in [4.69, 9.17) is 0 Å². The Kier molecular flexibility index (Phi) is 8.28. The second-order valence-electron chi connectivity index (χ2n) is 7.53. The highest BCUT2D eigenvalue weighted by Crippen LogP contribution is 2.23. The smallest absolute Gasteiger partial charge is 0.243 e. The summed E-state index contributed by atoms with van der Waals surface area (Å²) in [6.45, 7) is 6.82. The van der Waals surface area contributed by atoms with E-state index in [1.165, 1.54) is 21.6 Å². The van der Waals surface area contributed by atoms with Crippen molar-refractivity contribution in [2.45, 2.75) is 37.4 Å². The molecule has 0 radical (unpaired) electrons. The van der Waals surface area contributed by atoms with Gasteiger partial charge in [0.2, 0.25) is 15.9 Å². The predicted molar refractivity (Wildman–Crippen MR) is 130 cm³/mol. The predicted octanol–water partition coefficient (Wildman–Crippen LogP) is 3.23. The van der Waals surface area contributed by atoms with E-state index in [2.05, 4.69) is 15.5 Å². The van der Waals surface area contributed by atoms with Crippen LogP contribution in [0.5, 0.6) is 0 Å². The molecule has 1 heterocycles. The van der Waals surface area contributed by atoms with Crippen LogP contribution in [-0.4, -0.2) is 52.2 Å². The van der Waals surface area contributed by atoms with Crippen molar-refractivity contribution in [1.29, 1.82) is 0 Å². The number of nitrogens with one attached hydrogen (secondary N) is 1. The van der Waals surface area contributed by atoms with E-state index in [1.807, 2.05) is 56.7 Å². The molecule has 0 saturated carbocycles. The van der Waals surface area contributed by atoms with E-state index in [0.29, 0.717) is 24.8 Å². The van der Waals surface area contributed by atoms with Gasteiger partial charge in [0.05, 0.1) is 10.6 Å². The van der Waals surface area contributed by atoms with Crippen molar-refractivity contribution in [3.63, 3.8) is 0 Å². The third kappa shape index (κ3) is 6.01. The number of carbonyl (C=O) groups is 1. The summed E-state index contributed by atoms with van der Waals surface area (Å²) in [5.74, 6) is 0.811. The maximum absolute atomic E-state index is 12.6. The standard InChI is InChI=1S/C23H29N5O3S2/c1-5-28(6-2)33(30,31)20-13-9-18(10-14-20)15-24-21(29)16-32-23-26-25-22(27(23)4)19-11-7-17(3)8-12-19/h7-14H,5-6,15-16H2,1-4H3,(H,24,29). The van der Waals surface area contributed by atoms with Crippen LogP contribution in [0, 0.1) is 6.92 Å². The average molecular weight is 488 g/mol. The average Bonchev–Trinajstić information content (AvgIpc) is 3.18. The van der Waals surface area contributed by atoms with E-state index in [9.17, 15) is 13.2 Å². The highest BCUT2D eigenvalue weighted by Gasteiger charge is 2.21. The molecule has 0 atom stereocenters. The van der Waals surface area contributed by atoms with Crippen LogP contribution in [0.15, 0.2) is 58.6 Å². The molecule has 2 aromatic carbocycles. The zero-order valence-electron chi connectivity index (χ0n) is 19.3. The third-order valence-corrected chi connectivity index (χ3v) is 8.32. The molecule has 1 N–H and O–H groups in total. The van der Waals surface area contributed by atoms with Gasteiger partial charge < -0.3 is 9.88 Å². The molecular weight excluding hydrogens is 458 g/mol. The SMILES string of the molecule is CCN(CC)S(=O)(=O)c1ccc(CNC(=O)CSc2nnc(-c3ccc(C)cc3)n2C)cc1. The number of aryl methyl sites for hydroxylation is 1. The molecule has 0 spiro atoms. The molecule has 10 heteroatoms. The summed E-state index contributed by atoms with van der Waals surface area (Å²) in [4.78, 5) is 12.6. The minimum absolute atomic E-state index is 0.139. The van der Waals surface area contributed by atoms with E-state index in [0.717, 1.165) is 17.0 Å². The highest BCUT2D eigenvalue weighted by molar-refractivity contribution is 7.99. The molecular formula is C23H29N5O3S2. The Balaban J connectivity index is 1.54. The van der Waals surface area contributed by atoms with Gasteiger partial charge in [0, 0.05) is 32.2 Å². The molecule has 3 aromatic rings. The summed E-state index contributed by atoms with van der Waals surface area (Å²) >= 11 is 1.32. The quantitative estimate of drug-likeness (QED) is 0.441. The van der Waals surface area contributed by atoms with E-state index < -0.39 is 10.0 Å². The maximum Gasteiger partial charge on any atom is 0.243 e. The van der Waals surface area contributed by atoms with Gasteiger partial charge in [-0.2, -0.15) is 4.31 Å². The fraction of sp³-hybridized carbons (Fsp3) is 0.348. The van der Waals surface area contributed by atoms with Gasteiger partial charge in [-0.3, -0.25) is 4.79 Å². The topological polar surface area (TPSA) is 97.2 Å². The Hall–Kier alpha value is -2.69. The fourth-order valence-corrected chi connectivity index (χ4v) is 5.47. The molecule has 0 unspecified atom stereocenters. The van der Waals surface area contributed by atoms with Crippen molar-refractivity contribution in [2.24, 2.45) is 7.05 Å². The van der Waals surface area contributed by atoms with Crippen LogP contribution in [0.3, 0.4) is 0 Å². The zero-order valence-corrected chi connectivity index (χ0v) is 20.9. The van der Waals surface area contributed by atoms with Gasteiger partial charge in [0.1, 0.15) is 0 Å². The molecule has 0 saturated heterocycles. The maximum atomic E-state index is 12.6. The first-order valence-corrected chi connectivity index (χ1v) is 13.1. The second-order valence-corrected chi connectivity index (χ2v) is 10.4. The minimum atomic E-state index is -3.49. The number of amides is 1. The van der Waals surface area contributed by atoms with Crippen LogP contribution in [0.1, 0.15) is 25.0 Å². The number of nitrogens with zero attached hydrogens (tertiary/aromatic N) is 4. The first-order chi connectivity index (χ1) is 15.8. The lowest BCUT2D eigenvalue weighted by molar-refractivity contribution is -0.118. The molecule has 0 aliphatic carbocycles. The largest absolute Gasteiger partial charge is 0.351 e. The number of benzene rings is 2. The van der Waals surface area contributed by atoms with Gasteiger partial charge in [-0.15, -0.1) is 10.2 Å². The highest BCUT2D eigenvalue weighted by atomic mass is 32.2. The molecule has 0 bridgehead atoms. The number of thioether (sulfide) groups is 1. The van der Waals surface area contributed by atoms with Crippen molar-refractivity contribution in [1.82, 2.24) is 24.4 Å². The molecule has 1 aromatic heterocycles. The van der Waals surface area contributed by atoms with Crippen LogP contribution in [0.2, 0.25) is 0 Å². The molecule has 3 rings (SSSR count). The molecule has 33 heavy (non-hydrogen) atoms. The Labute approximate surface area is 199 Å². The third-order valence-electron chi connectivity index (χ3n) is 5.23. The lowest BCUT2D eigenvalue weighted by atomic mass is 10.1. The second kappa shape index (κ2) is 11.0. The van der Waals surface area contributed by atoms with Crippen LogP contribution < -0.4 is 5.32 Å². The Morgan fingerprint density at radius 2 is 1.67 bits per heavy atom. The van der Waals surface area contributed by atoms with Crippen LogP contribution >= 0.6 is 11.8 Å². The van der Waals surface area contributed by atoms with Crippen molar-refractivity contribution in [2.75, 3.05) is 18.8 Å². The number of hydrogen-bond donors (Lipinski definition) is 1. The summed E-state index contributed by atoms with van der Waals surface area (Å²) in [6, 6.07) is 14.6. The summed E-state index contributed by atoms with van der Waals surface area (Å²) in [5, 5.41) is 12.0. The normalized spacial score (nSPS) is 11.7. The number of sulfonamides is 1. The van der Waals surface area contributed by atoms with Gasteiger partial charge >= 0.3 is 0 Å². The summed E-state index contributed by atoms with van der Waals surface area (Å²) in [7, 11) is -1.61. The summed E-state index contributed by atoms with van der Waals surface area (Å²) < 4.78 is 28.4. The Bertz CT molecular complexity index is 1190. The van der Waals surface area contributed by atoms with Crippen molar-refractivity contribution >= 4 is 27.7 Å². The van der Waals surface area contributed by atoms with Crippen molar-refractivity contribution in [3.8, 4) is 11.4 Å². The minimum Gasteiger partial charge on any atom is -0.351 e. The van der Waals surface area contributed by atoms with Gasteiger partial charge in [-0.1, -0.05) is 67.6 Å². The van der Waals surface area contributed by atoms with E-state index in [-0.39, 0.29) is 16.6 Å². The van der Waals surface area contributed by atoms with Crippen LogP contribution in [0.25, 0.3) is 11.4 Å². The van der Waals surface area contributed by atoms with Crippen LogP contribution in [0.4, 0.5) is 0 Å². The van der Waals surface area contributed by atoms with Gasteiger partial charge in [-0.05, 0) is 24.6 Å². The first kappa shape index (κ1) is 24.9. The number of rotatable bonds is 10. The monoisotopic (exact) mass is 487 g/mol. The number of hydrogen-bond acceptors (Lipinski definition) is 6. The van der Waals surface area contributed by atoms with Gasteiger partial charge in [0.25, 0.3) is 0 Å². The lowest BCUT2D eigenvalue weighted by Crippen LogP contribution is -2.30. The van der Waals surface area contributed by atoms with Gasteiger partial charge in [0.15, 0.2) is 11.0 Å². The number of aromatic nitrogens is 3. The lowest BCUT2D eigenvalue weighted by Gasteiger charge is -2.18. The summed E-state index contributed by atoms with van der Waals surface area (Å²) in [5.41, 5.74) is 2.97. The zero-order chi connectivity index (χ0) is 24.0. The van der Waals surface area contributed by atoms with Gasteiger partial charge in [-0.25, -0.2) is 8.42 Å². The first-order valence-electron chi connectivity index (χ1n) is 10.7. The Morgan fingerprint density at radius 3 is 2.27 bits per heavy atom. The molecule has 8 nitrogen and oxygen atoms in total. The molecule has 176 valence electrons.